The van der Waals surface area contributed by atoms with Crippen LogP contribution in [0.2, 0.25) is 0 Å². The van der Waals surface area contributed by atoms with E-state index in [1.54, 1.807) is 6.26 Å². The van der Waals surface area contributed by atoms with E-state index < -0.39 is 13.9 Å². The second kappa shape index (κ2) is 39.1. The van der Waals surface area contributed by atoms with E-state index in [2.05, 4.69) is 50.3 Å². The summed E-state index contributed by atoms with van der Waals surface area (Å²) in [5.74, 6) is -0.303. The number of unbranched alkanes of at least 4 members (excludes halogenated alkanes) is 21. The van der Waals surface area contributed by atoms with Crippen LogP contribution in [0.5, 0.6) is 0 Å². The van der Waals surface area contributed by atoms with Crippen LogP contribution in [-0.4, -0.2) is 64.1 Å². The molecule has 55 heavy (non-hydrogen) atoms. The van der Waals surface area contributed by atoms with Crippen molar-refractivity contribution in [2.75, 3.05) is 47.5 Å². The second-order valence-corrected chi connectivity index (χ2v) is 17.5. The Kier molecular flexibility index (Phi) is 37.9. The van der Waals surface area contributed by atoms with Gasteiger partial charge in [-0.1, -0.05) is 140 Å². The lowest BCUT2D eigenvalue weighted by Gasteiger charge is -2.28. The zero-order valence-corrected chi connectivity index (χ0v) is 37.3. The van der Waals surface area contributed by atoms with Gasteiger partial charge in [-0.15, -0.1) is 0 Å². The Labute approximate surface area is 339 Å². The van der Waals surface area contributed by atoms with Gasteiger partial charge >= 0.3 is 5.97 Å². The molecule has 0 aliphatic carbocycles. The van der Waals surface area contributed by atoms with Crippen molar-refractivity contribution in [3.05, 3.63) is 48.8 Å². The lowest BCUT2D eigenvalue weighted by molar-refractivity contribution is -0.870. The first kappa shape index (κ1) is 53.3. The van der Waals surface area contributed by atoms with Crippen LogP contribution in [-0.2, 0) is 27.9 Å². The van der Waals surface area contributed by atoms with Gasteiger partial charge < -0.3 is 27.9 Å². The molecule has 0 radical (unpaired) electrons. The maximum Gasteiger partial charge on any atom is 0.305 e. The molecule has 8 nitrogen and oxygen atoms in total. The van der Waals surface area contributed by atoms with Crippen molar-refractivity contribution in [1.82, 2.24) is 0 Å². The molecule has 0 fully saturated rings. The van der Waals surface area contributed by atoms with E-state index in [0.717, 1.165) is 44.9 Å². The topological polar surface area (TPSA) is 94.1 Å². The molecule has 0 aromatic carbocycles. The summed E-state index contributed by atoms with van der Waals surface area (Å²) in [4.78, 5) is 24.8. The molecule has 0 N–H and O–H groups in total. The summed E-state index contributed by atoms with van der Waals surface area (Å²) in [5, 5.41) is 0. The zero-order valence-electron chi connectivity index (χ0n) is 36.4. The molecular formula is C46H86NO7P. The van der Waals surface area contributed by atoms with Crippen molar-refractivity contribution < 1.29 is 37.3 Å². The number of hydrogen-bond donors (Lipinski definition) is 0. The van der Waals surface area contributed by atoms with Gasteiger partial charge in [0.05, 0.1) is 34.0 Å². The van der Waals surface area contributed by atoms with Gasteiger partial charge in [-0.2, -0.15) is 0 Å². The van der Waals surface area contributed by atoms with Crippen LogP contribution in [0.15, 0.2) is 48.8 Å². The van der Waals surface area contributed by atoms with Crippen LogP contribution in [0.4, 0.5) is 0 Å². The largest absolute Gasteiger partial charge is 0.756 e. The summed E-state index contributed by atoms with van der Waals surface area (Å²) >= 11 is 0. The average Bonchev–Trinajstić information content (AvgIpc) is 3.14. The van der Waals surface area contributed by atoms with Crippen LogP contribution in [0.3, 0.4) is 0 Å². The number of quaternary nitrogens is 1. The third-order valence-corrected chi connectivity index (χ3v) is 10.4. The van der Waals surface area contributed by atoms with Crippen LogP contribution in [0.25, 0.3) is 0 Å². The molecule has 0 saturated carbocycles. The van der Waals surface area contributed by atoms with Gasteiger partial charge in [-0.25, -0.2) is 0 Å². The van der Waals surface area contributed by atoms with Gasteiger partial charge in [0.25, 0.3) is 7.82 Å². The van der Waals surface area contributed by atoms with Crippen LogP contribution < -0.4 is 4.89 Å². The van der Waals surface area contributed by atoms with Gasteiger partial charge in [0.1, 0.15) is 19.8 Å². The molecule has 0 rings (SSSR count). The molecule has 2 unspecified atom stereocenters. The molecule has 2 atom stereocenters. The Balaban J connectivity index is 4.29. The molecule has 0 aliphatic heterocycles. The van der Waals surface area contributed by atoms with Gasteiger partial charge in [0.15, 0.2) is 6.10 Å². The molecule has 0 spiro atoms. The molecule has 9 heteroatoms. The number of phosphoric ester groups is 1. The minimum Gasteiger partial charge on any atom is -0.756 e. The van der Waals surface area contributed by atoms with Crippen molar-refractivity contribution in [2.45, 2.75) is 193 Å². The molecule has 0 amide bonds. The third-order valence-electron chi connectivity index (χ3n) is 9.44. The van der Waals surface area contributed by atoms with Gasteiger partial charge in [0, 0.05) is 6.42 Å². The van der Waals surface area contributed by atoms with Crippen molar-refractivity contribution in [2.24, 2.45) is 0 Å². The Hall–Kier alpha value is -1.70. The van der Waals surface area contributed by atoms with Crippen molar-refractivity contribution in [3.8, 4) is 0 Å². The number of phosphoric acid groups is 1. The lowest BCUT2D eigenvalue weighted by atomic mass is 10.1. The smallest absolute Gasteiger partial charge is 0.305 e. The van der Waals surface area contributed by atoms with E-state index in [0.29, 0.717) is 17.4 Å². The predicted molar refractivity (Wildman–Crippen MR) is 231 cm³/mol. The first-order chi connectivity index (χ1) is 26.6. The number of carbonyl (C=O) groups excluding carboxylic acids is 1. The summed E-state index contributed by atoms with van der Waals surface area (Å²) in [6.07, 6.45) is 47.9. The van der Waals surface area contributed by atoms with Crippen LogP contribution in [0.1, 0.15) is 187 Å². The predicted octanol–water partition coefficient (Wildman–Crippen LogP) is 12.9. The van der Waals surface area contributed by atoms with Crippen molar-refractivity contribution >= 4 is 13.8 Å². The quantitative estimate of drug-likeness (QED) is 0.0152. The first-order valence-corrected chi connectivity index (χ1v) is 23.9. The van der Waals surface area contributed by atoms with Crippen LogP contribution >= 0.6 is 7.82 Å². The fourth-order valence-electron chi connectivity index (χ4n) is 5.85. The zero-order chi connectivity index (χ0) is 40.6. The fourth-order valence-corrected chi connectivity index (χ4v) is 6.58. The van der Waals surface area contributed by atoms with E-state index in [1.807, 2.05) is 27.2 Å². The normalized spacial score (nSPS) is 14.1. The second-order valence-electron chi connectivity index (χ2n) is 16.1. The summed E-state index contributed by atoms with van der Waals surface area (Å²) < 4.78 is 34.4. The van der Waals surface area contributed by atoms with E-state index in [-0.39, 0.29) is 25.8 Å². The standard InChI is InChI=1S/C46H86NO7P/c1-6-8-10-12-14-16-18-20-22-24-25-27-29-31-33-35-37-39-46(48)52-43-45(44-54-55(49,50)53-42-40-47(3,4)5)51-41-38-36-34-32-30-28-26-23-21-19-17-15-13-11-9-7-2/h14,16-17,19-20,22,38,41,45H,6-13,15,18,21,23-37,39-40,42-44H2,1-5H3/b16-14-,19-17-,22-20-,41-38-. The highest BCUT2D eigenvalue weighted by Crippen LogP contribution is 2.38. The molecule has 0 aromatic heterocycles. The maximum absolute atomic E-state index is 12.5. The van der Waals surface area contributed by atoms with Crippen molar-refractivity contribution in [1.29, 1.82) is 0 Å². The van der Waals surface area contributed by atoms with Gasteiger partial charge in [-0.05, 0) is 83.1 Å². The highest BCUT2D eigenvalue weighted by Gasteiger charge is 2.19. The Morgan fingerprint density at radius 1 is 0.582 bits per heavy atom. The highest BCUT2D eigenvalue weighted by molar-refractivity contribution is 7.45. The SMILES string of the molecule is CCCCC/C=C\C/C=C\CCCCCCCCCC(=O)OCC(COP(=O)([O-])OCC[N+](C)(C)C)O/C=C\CCCCCCCC/C=C\CCCCCC. The Morgan fingerprint density at radius 2 is 1.02 bits per heavy atom. The number of esters is 1. The third kappa shape index (κ3) is 43.3. The van der Waals surface area contributed by atoms with Gasteiger partial charge in [0.2, 0.25) is 0 Å². The maximum atomic E-state index is 12.5. The Bertz CT molecular complexity index is 1020. The number of allylic oxidation sites excluding steroid dienone is 7. The molecular weight excluding hydrogens is 709 g/mol. The molecule has 322 valence electrons. The van der Waals surface area contributed by atoms with Crippen LogP contribution in [0, 0.1) is 0 Å². The highest BCUT2D eigenvalue weighted by atomic mass is 31.2. The lowest BCUT2D eigenvalue weighted by Crippen LogP contribution is -2.37. The summed E-state index contributed by atoms with van der Waals surface area (Å²) in [6.45, 7) is 4.66. The minimum atomic E-state index is -4.52. The number of hydrogen-bond acceptors (Lipinski definition) is 7. The van der Waals surface area contributed by atoms with Crippen molar-refractivity contribution in [3.63, 3.8) is 0 Å². The first-order valence-electron chi connectivity index (χ1n) is 22.4. The van der Waals surface area contributed by atoms with E-state index in [1.165, 1.54) is 122 Å². The van der Waals surface area contributed by atoms with E-state index >= 15 is 0 Å². The summed E-state index contributed by atoms with van der Waals surface area (Å²) in [6, 6.07) is 0. The van der Waals surface area contributed by atoms with E-state index in [4.69, 9.17) is 18.5 Å². The summed E-state index contributed by atoms with van der Waals surface area (Å²) in [7, 11) is 1.35. The minimum absolute atomic E-state index is 0.0235. The molecule has 0 aromatic rings. The molecule has 0 bridgehead atoms. The fraction of sp³-hybridized carbons (Fsp3) is 0.804. The van der Waals surface area contributed by atoms with Gasteiger partial charge in [-0.3, -0.25) is 9.36 Å². The number of carbonyl (C=O) groups is 1. The van der Waals surface area contributed by atoms with E-state index in [9.17, 15) is 14.3 Å². The number of nitrogens with zero attached hydrogens (tertiary/aromatic N) is 1. The number of likely N-dealkylation sites (N-methyl/N-ethyl adjacent to an activating group) is 1. The summed E-state index contributed by atoms with van der Waals surface area (Å²) in [5.41, 5.74) is 0. The number of ether oxygens (including phenoxy) is 2. The average molecular weight is 796 g/mol. The number of rotatable bonds is 41. The molecule has 0 saturated heterocycles. The molecule has 0 aliphatic rings. The monoisotopic (exact) mass is 796 g/mol. The Morgan fingerprint density at radius 3 is 1.55 bits per heavy atom. The molecule has 0 heterocycles.